The molecule has 15 heavy (non-hydrogen) atoms. The van der Waals surface area contributed by atoms with Crippen molar-refractivity contribution in [1.29, 1.82) is 0 Å². The van der Waals surface area contributed by atoms with Gasteiger partial charge in [-0.05, 0) is 17.9 Å². The Bertz CT molecular complexity index is 264. The maximum atomic E-state index is 9.00. The first kappa shape index (κ1) is 12.2. The van der Waals surface area contributed by atoms with Crippen molar-refractivity contribution in [3.8, 4) is 0 Å². The zero-order valence-corrected chi connectivity index (χ0v) is 9.75. The van der Waals surface area contributed by atoms with Crippen molar-refractivity contribution in [2.24, 2.45) is 5.41 Å². The van der Waals surface area contributed by atoms with Gasteiger partial charge >= 0.3 is 0 Å². The van der Waals surface area contributed by atoms with Crippen molar-refractivity contribution >= 4 is 0 Å². The van der Waals surface area contributed by atoms with E-state index in [1.165, 1.54) is 0 Å². The third-order valence-electron chi connectivity index (χ3n) is 2.56. The van der Waals surface area contributed by atoms with Gasteiger partial charge in [0.15, 0.2) is 0 Å². The number of aromatic amines is 1. The Morgan fingerprint density at radius 1 is 1.53 bits per heavy atom. The summed E-state index contributed by atoms with van der Waals surface area (Å²) in [5.41, 5.74) is 1.23. The second-order valence-corrected chi connectivity index (χ2v) is 4.89. The molecule has 0 amide bonds. The average Bonchev–Trinajstić information content (AvgIpc) is 2.62. The number of aromatic nitrogens is 2. The minimum absolute atomic E-state index is 0.156. The van der Waals surface area contributed by atoms with E-state index in [4.69, 9.17) is 5.11 Å². The van der Waals surface area contributed by atoms with Crippen LogP contribution in [0.3, 0.4) is 0 Å². The Morgan fingerprint density at radius 3 is 2.73 bits per heavy atom. The Morgan fingerprint density at radius 2 is 2.27 bits per heavy atom. The highest BCUT2D eigenvalue weighted by Crippen LogP contribution is 2.21. The van der Waals surface area contributed by atoms with E-state index in [-0.39, 0.29) is 12.0 Å². The van der Waals surface area contributed by atoms with E-state index >= 15 is 0 Å². The molecule has 0 aliphatic heterocycles. The zero-order chi connectivity index (χ0) is 11.3. The standard InChI is InChI=1S/C11H21N3O/c1-11(2,3)10(5-7-15)12-8-9-4-6-13-14-9/h4,6,10,12,15H,5,7-8H2,1-3H3,(H,13,14). The van der Waals surface area contributed by atoms with E-state index in [1.807, 2.05) is 6.07 Å². The molecule has 86 valence electrons. The largest absolute Gasteiger partial charge is 0.396 e. The van der Waals surface area contributed by atoms with Crippen molar-refractivity contribution in [3.63, 3.8) is 0 Å². The van der Waals surface area contributed by atoms with Gasteiger partial charge in [-0.2, -0.15) is 5.10 Å². The molecule has 1 rings (SSSR count). The number of hydrogen-bond acceptors (Lipinski definition) is 3. The van der Waals surface area contributed by atoms with Crippen LogP contribution in [-0.2, 0) is 6.54 Å². The van der Waals surface area contributed by atoms with Crippen molar-refractivity contribution in [2.45, 2.75) is 39.8 Å². The summed E-state index contributed by atoms with van der Waals surface area (Å²) in [6.45, 7) is 7.51. The van der Waals surface area contributed by atoms with Gasteiger partial charge in [0, 0.05) is 31.1 Å². The molecule has 0 spiro atoms. The minimum Gasteiger partial charge on any atom is -0.396 e. The average molecular weight is 211 g/mol. The molecule has 0 radical (unpaired) electrons. The zero-order valence-electron chi connectivity index (χ0n) is 9.75. The fraction of sp³-hybridized carbons (Fsp3) is 0.727. The second-order valence-electron chi connectivity index (χ2n) is 4.89. The smallest absolute Gasteiger partial charge is 0.0490 e. The molecule has 0 aliphatic rings. The number of nitrogens with one attached hydrogen (secondary N) is 2. The van der Waals surface area contributed by atoms with Crippen LogP contribution in [0.2, 0.25) is 0 Å². The molecule has 1 aromatic rings. The predicted octanol–water partition coefficient (Wildman–Crippen LogP) is 1.30. The maximum absolute atomic E-state index is 9.00. The number of H-pyrrole nitrogens is 1. The molecule has 3 N–H and O–H groups in total. The topological polar surface area (TPSA) is 60.9 Å². The number of rotatable bonds is 5. The molecule has 0 aliphatic carbocycles. The third kappa shape index (κ3) is 4.01. The molecule has 4 heteroatoms. The number of hydrogen-bond donors (Lipinski definition) is 3. The van der Waals surface area contributed by atoms with Gasteiger partial charge in [0.05, 0.1) is 0 Å². The summed E-state index contributed by atoms with van der Waals surface area (Å²) in [6.07, 6.45) is 2.52. The quantitative estimate of drug-likeness (QED) is 0.688. The lowest BCUT2D eigenvalue weighted by Gasteiger charge is -2.31. The summed E-state index contributed by atoms with van der Waals surface area (Å²) in [6, 6.07) is 2.26. The molecule has 1 aromatic heterocycles. The Kier molecular flexibility index (Phi) is 4.29. The summed E-state index contributed by atoms with van der Waals surface area (Å²) in [7, 11) is 0. The first-order chi connectivity index (χ1) is 7.04. The van der Waals surface area contributed by atoms with Crippen LogP contribution >= 0.6 is 0 Å². The third-order valence-corrected chi connectivity index (χ3v) is 2.56. The van der Waals surface area contributed by atoms with Crippen LogP contribution in [0.5, 0.6) is 0 Å². The van der Waals surface area contributed by atoms with E-state index in [0.29, 0.717) is 6.04 Å². The van der Waals surface area contributed by atoms with Gasteiger partial charge in [-0.3, -0.25) is 5.10 Å². The van der Waals surface area contributed by atoms with Crippen LogP contribution in [-0.4, -0.2) is 28.0 Å². The van der Waals surface area contributed by atoms with Gasteiger partial charge in [0.2, 0.25) is 0 Å². The molecule has 0 bridgehead atoms. The highest BCUT2D eigenvalue weighted by atomic mass is 16.3. The number of nitrogens with zero attached hydrogens (tertiary/aromatic N) is 1. The molecule has 1 atom stereocenters. The van der Waals surface area contributed by atoms with Crippen LogP contribution in [0.15, 0.2) is 12.3 Å². The number of aliphatic hydroxyl groups excluding tert-OH is 1. The molecule has 0 saturated carbocycles. The monoisotopic (exact) mass is 211 g/mol. The molecule has 0 fully saturated rings. The molecule has 0 saturated heterocycles. The Hall–Kier alpha value is -0.870. The van der Waals surface area contributed by atoms with Gasteiger partial charge in [0.25, 0.3) is 0 Å². The lowest BCUT2D eigenvalue weighted by atomic mass is 9.85. The highest BCUT2D eigenvalue weighted by molar-refractivity contribution is 4.97. The molecule has 0 aromatic carbocycles. The van der Waals surface area contributed by atoms with Crippen molar-refractivity contribution < 1.29 is 5.11 Å². The van der Waals surface area contributed by atoms with E-state index < -0.39 is 0 Å². The van der Waals surface area contributed by atoms with Gasteiger partial charge < -0.3 is 10.4 Å². The SMILES string of the molecule is CC(C)(C)C(CCO)NCc1ccn[nH]1. The molecule has 4 nitrogen and oxygen atoms in total. The summed E-state index contributed by atoms with van der Waals surface area (Å²) < 4.78 is 0. The molecular formula is C11H21N3O. The molecule has 1 unspecified atom stereocenters. The normalized spacial score (nSPS) is 14.1. The van der Waals surface area contributed by atoms with E-state index in [0.717, 1.165) is 18.7 Å². The van der Waals surface area contributed by atoms with Gasteiger partial charge in [-0.25, -0.2) is 0 Å². The predicted molar refractivity (Wildman–Crippen MR) is 60.4 cm³/mol. The Labute approximate surface area is 91.1 Å². The lowest BCUT2D eigenvalue weighted by Crippen LogP contribution is -2.40. The highest BCUT2D eigenvalue weighted by Gasteiger charge is 2.23. The van der Waals surface area contributed by atoms with Crippen LogP contribution in [0.4, 0.5) is 0 Å². The molecule has 1 heterocycles. The van der Waals surface area contributed by atoms with E-state index in [1.54, 1.807) is 6.20 Å². The second kappa shape index (κ2) is 5.28. The molecular weight excluding hydrogens is 190 g/mol. The maximum Gasteiger partial charge on any atom is 0.0490 e. The Balaban J connectivity index is 2.45. The first-order valence-electron chi connectivity index (χ1n) is 5.36. The first-order valence-corrected chi connectivity index (χ1v) is 5.36. The lowest BCUT2D eigenvalue weighted by molar-refractivity contribution is 0.196. The summed E-state index contributed by atoms with van der Waals surface area (Å²) in [5, 5.41) is 19.2. The van der Waals surface area contributed by atoms with Gasteiger partial charge in [-0.1, -0.05) is 20.8 Å². The van der Waals surface area contributed by atoms with E-state index in [2.05, 4.69) is 36.3 Å². The fourth-order valence-electron chi connectivity index (χ4n) is 1.59. The van der Waals surface area contributed by atoms with Crippen molar-refractivity contribution in [3.05, 3.63) is 18.0 Å². The number of aliphatic hydroxyl groups is 1. The summed E-state index contributed by atoms with van der Waals surface area (Å²) in [5.74, 6) is 0. The van der Waals surface area contributed by atoms with Crippen LogP contribution in [0, 0.1) is 5.41 Å². The van der Waals surface area contributed by atoms with Crippen molar-refractivity contribution in [1.82, 2.24) is 15.5 Å². The van der Waals surface area contributed by atoms with Gasteiger partial charge in [-0.15, -0.1) is 0 Å². The van der Waals surface area contributed by atoms with E-state index in [9.17, 15) is 0 Å². The van der Waals surface area contributed by atoms with Crippen molar-refractivity contribution in [2.75, 3.05) is 6.61 Å². The fourth-order valence-corrected chi connectivity index (χ4v) is 1.59. The van der Waals surface area contributed by atoms with Gasteiger partial charge in [0.1, 0.15) is 0 Å². The summed E-state index contributed by atoms with van der Waals surface area (Å²) in [4.78, 5) is 0. The summed E-state index contributed by atoms with van der Waals surface area (Å²) >= 11 is 0. The van der Waals surface area contributed by atoms with Crippen LogP contribution in [0.1, 0.15) is 32.9 Å². The van der Waals surface area contributed by atoms with Crippen LogP contribution in [0.25, 0.3) is 0 Å². The van der Waals surface area contributed by atoms with Crippen LogP contribution < -0.4 is 5.32 Å². The minimum atomic E-state index is 0.156.